The van der Waals surface area contributed by atoms with E-state index in [1.807, 2.05) is 20.8 Å². The van der Waals surface area contributed by atoms with E-state index in [4.69, 9.17) is 0 Å². The molecule has 20 heavy (non-hydrogen) atoms. The van der Waals surface area contributed by atoms with Crippen molar-refractivity contribution in [2.75, 3.05) is 20.1 Å². The minimum absolute atomic E-state index is 0.0685. The molecule has 2 rings (SSSR count). The molecule has 2 saturated heterocycles. The predicted molar refractivity (Wildman–Crippen MR) is 82.1 cm³/mol. The molecule has 2 heterocycles. The van der Waals surface area contributed by atoms with Crippen LogP contribution in [0.4, 0.5) is 0 Å². The number of thioether (sulfide) groups is 1. The highest BCUT2D eigenvalue weighted by Crippen LogP contribution is 2.37. The number of rotatable bonds is 2. The van der Waals surface area contributed by atoms with Crippen molar-refractivity contribution in [2.45, 2.75) is 45.4 Å². The molecule has 0 spiro atoms. The summed E-state index contributed by atoms with van der Waals surface area (Å²) in [5.74, 6) is 0.170. The highest BCUT2D eigenvalue weighted by Gasteiger charge is 2.39. The van der Waals surface area contributed by atoms with E-state index in [-0.39, 0.29) is 17.1 Å². The largest absolute Gasteiger partial charge is 0.308 e. The predicted octanol–water partition coefficient (Wildman–Crippen LogP) is 2.46. The molecule has 0 aliphatic carbocycles. The maximum absolute atomic E-state index is 12.4. The zero-order valence-corrected chi connectivity index (χ0v) is 13.6. The summed E-state index contributed by atoms with van der Waals surface area (Å²) >= 11 is 1.52. The first kappa shape index (κ1) is 15.6. The van der Waals surface area contributed by atoms with Crippen molar-refractivity contribution >= 4 is 23.5 Å². The van der Waals surface area contributed by atoms with E-state index >= 15 is 0 Å². The number of carbonyl (C=O) groups is 2. The molecule has 0 aromatic carbocycles. The van der Waals surface area contributed by atoms with E-state index in [0.29, 0.717) is 0 Å². The summed E-state index contributed by atoms with van der Waals surface area (Å²) in [6.07, 6.45) is 5.21. The summed E-state index contributed by atoms with van der Waals surface area (Å²) in [6, 6.07) is 0. The Hall–Kier alpha value is -0.810. The van der Waals surface area contributed by atoms with Crippen molar-refractivity contribution in [3.05, 3.63) is 11.1 Å². The summed E-state index contributed by atoms with van der Waals surface area (Å²) in [5, 5.41) is 0.643. The fourth-order valence-electron chi connectivity index (χ4n) is 2.36. The van der Waals surface area contributed by atoms with Gasteiger partial charge in [0, 0.05) is 18.5 Å². The van der Waals surface area contributed by atoms with Crippen LogP contribution in [-0.4, -0.2) is 47.0 Å². The fraction of sp³-hybridized carbons (Fsp3) is 0.733. The van der Waals surface area contributed by atoms with Gasteiger partial charge in [0.05, 0.1) is 5.03 Å². The summed E-state index contributed by atoms with van der Waals surface area (Å²) < 4.78 is 0. The van der Waals surface area contributed by atoms with E-state index in [2.05, 4.69) is 4.90 Å². The van der Waals surface area contributed by atoms with E-state index in [1.54, 1.807) is 18.0 Å². The third-order valence-corrected chi connectivity index (χ3v) is 5.18. The lowest BCUT2D eigenvalue weighted by Gasteiger charge is -2.29. The van der Waals surface area contributed by atoms with Gasteiger partial charge in [0.2, 0.25) is 0 Å². The molecule has 1 amide bonds. The number of ketones is 1. The van der Waals surface area contributed by atoms with Crippen LogP contribution in [-0.2, 0) is 9.59 Å². The lowest BCUT2D eigenvalue weighted by molar-refractivity contribution is -0.129. The first-order valence-electron chi connectivity index (χ1n) is 7.25. The Kier molecular flexibility index (Phi) is 4.59. The highest BCUT2D eigenvalue weighted by atomic mass is 32.2. The smallest absolute Gasteiger partial charge is 0.255 e. The average molecular weight is 296 g/mol. The first-order chi connectivity index (χ1) is 9.30. The molecule has 0 N–H and O–H groups in total. The van der Waals surface area contributed by atoms with Crippen molar-refractivity contribution in [1.29, 1.82) is 0 Å². The van der Waals surface area contributed by atoms with E-state index in [9.17, 15) is 9.59 Å². The van der Waals surface area contributed by atoms with Crippen LogP contribution >= 0.6 is 11.8 Å². The van der Waals surface area contributed by atoms with Crippen LogP contribution in [0.5, 0.6) is 0 Å². The van der Waals surface area contributed by atoms with Crippen molar-refractivity contribution in [3.63, 3.8) is 0 Å². The Balaban J connectivity index is 2.12. The molecule has 0 bridgehead atoms. The Bertz CT molecular complexity index is 434. The topological polar surface area (TPSA) is 40.6 Å². The number of amides is 1. The van der Waals surface area contributed by atoms with E-state index < -0.39 is 5.41 Å². The van der Waals surface area contributed by atoms with Gasteiger partial charge in [-0.1, -0.05) is 39.0 Å². The number of allylic oxidation sites excluding steroid dienone is 1. The number of likely N-dealkylation sites (tertiary alicyclic amines) is 1. The van der Waals surface area contributed by atoms with Gasteiger partial charge in [0.15, 0.2) is 5.78 Å². The summed E-state index contributed by atoms with van der Waals surface area (Å²) in [4.78, 5) is 28.3. The average Bonchev–Trinajstić information content (AvgIpc) is 2.67. The molecular weight excluding hydrogens is 272 g/mol. The van der Waals surface area contributed by atoms with E-state index in [1.165, 1.54) is 18.2 Å². The SMILES string of the molecule is CN1C(=O)C(N2CCCCC2)S/C1=C/C(=O)C(C)(C)C. The van der Waals surface area contributed by atoms with Crippen molar-refractivity contribution in [2.24, 2.45) is 5.41 Å². The standard InChI is InChI=1S/C15H24N2O2S/c1-15(2,3)11(18)10-12-16(4)13(19)14(20-12)17-8-6-5-7-9-17/h10,14H,5-9H2,1-4H3/b12-10+. The maximum Gasteiger partial charge on any atom is 0.255 e. The second-order valence-corrected chi connectivity index (χ2v) is 7.66. The minimum Gasteiger partial charge on any atom is -0.308 e. The van der Waals surface area contributed by atoms with Crippen LogP contribution in [0.1, 0.15) is 40.0 Å². The molecule has 1 atom stereocenters. The summed E-state index contributed by atoms with van der Waals surface area (Å²) in [7, 11) is 1.76. The van der Waals surface area contributed by atoms with Crippen molar-refractivity contribution in [1.82, 2.24) is 9.80 Å². The second kappa shape index (κ2) is 5.90. The van der Waals surface area contributed by atoms with Gasteiger partial charge < -0.3 is 4.90 Å². The first-order valence-corrected chi connectivity index (χ1v) is 8.13. The third kappa shape index (κ3) is 3.26. The number of likely N-dealkylation sites (N-methyl/N-ethyl adjacent to an activating group) is 1. The number of carbonyl (C=O) groups excluding carboxylic acids is 2. The fourth-order valence-corrected chi connectivity index (χ4v) is 3.63. The molecule has 2 fully saturated rings. The van der Waals surface area contributed by atoms with Crippen molar-refractivity contribution < 1.29 is 9.59 Å². The van der Waals surface area contributed by atoms with Crippen LogP contribution < -0.4 is 0 Å². The molecule has 0 radical (unpaired) electrons. The zero-order chi connectivity index (χ0) is 14.9. The van der Waals surface area contributed by atoms with Gasteiger partial charge in [-0.25, -0.2) is 0 Å². The van der Waals surface area contributed by atoms with Gasteiger partial charge in [0.1, 0.15) is 5.37 Å². The van der Waals surface area contributed by atoms with Gasteiger partial charge in [-0.3, -0.25) is 14.5 Å². The molecular formula is C15H24N2O2S. The lowest BCUT2D eigenvalue weighted by atomic mass is 9.91. The van der Waals surface area contributed by atoms with Crippen LogP contribution in [0.25, 0.3) is 0 Å². The molecule has 5 heteroatoms. The normalized spacial score (nSPS) is 27.4. The van der Waals surface area contributed by atoms with Gasteiger partial charge in [-0.15, -0.1) is 0 Å². The van der Waals surface area contributed by atoms with Crippen LogP contribution in [0.2, 0.25) is 0 Å². The molecule has 1 unspecified atom stereocenters. The van der Waals surface area contributed by atoms with Gasteiger partial charge >= 0.3 is 0 Å². The molecule has 0 aromatic rings. The van der Waals surface area contributed by atoms with Crippen LogP contribution in [0, 0.1) is 5.41 Å². The van der Waals surface area contributed by atoms with Gasteiger partial charge in [-0.2, -0.15) is 0 Å². The van der Waals surface area contributed by atoms with Gasteiger partial charge in [0.25, 0.3) is 5.91 Å². The zero-order valence-electron chi connectivity index (χ0n) is 12.8. The summed E-state index contributed by atoms with van der Waals surface area (Å²) in [5.41, 5.74) is -0.402. The second-order valence-electron chi connectivity index (χ2n) is 6.56. The molecule has 0 saturated carbocycles. The minimum atomic E-state index is -0.402. The Morgan fingerprint density at radius 2 is 1.85 bits per heavy atom. The Morgan fingerprint density at radius 3 is 2.40 bits per heavy atom. The van der Waals surface area contributed by atoms with Crippen LogP contribution in [0.15, 0.2) is 11.1 Å². The maximum atomic E-state index is 12.4. The quantitative estimate of drug-likeness (QED) is 0.734. The molecule has 0 aromatic heterocycles. The monoisotopic (exact) mass is 296 g/mol. The Labute approximate surface area is 125 Å². The molecule has 2 aliphatic rings. The molecule has 112 valence electrons. The molecule has 4 nitrogen and oxygen atoms in total. The van der Waals surface area contributed by atoms with Crippen LogP contribution in [0.3, 0.4) is 0 Å². The number of hydrogen-bond donors (Lipinski definition) is 0. The highest BCUT2D eigenvalue weighted by molar-refractivity contribution is 8.04. The van der Waals surface area contributed by atoms with Crippen molar-refractivity contribution in [3.8, 4) is 0 Å². The number of piperidine rings is 1. The molecule has 2 aliphatic heterocycles. The number of nitrogens with zero attached hydrogens (tertiary/aromatic N) is 2. The summed E-state index contributed by atoms with van der Waals surface area (Å²) in [6.45, 7) is 7.66. The van der Waals surface area contributed by atoms with E-state index in [0.717, 1.165) is 31.0 Å². The Morgan fingerprint density at radius 1 is 1.25 bits per heavy atom. The number of hydrogen-bond acceptors (Lipinski definition) is 4. The van der Waals surface area contributed by atoms with Gasteiger partial charge in [-0.05, 0) is 25.9 Å². The lowest BCUT2D eigenvalue weighted by Crippen LogP contribution is -2.42. The third-order valence-electron chi connectivity index (χ3n) is 3.82.